The van der Waals surface area contributed by atoms with E-state index in [1.807, 2.05) is 28.7 Å². The van der Waals surface area contributed by atoms with Crippen molar-refractivity contribution in [1.82, 2.24) is 19.4 Å². The molecule has 1 amide bonds. The summed E-state index contributed by atoms with van der Waals surface area (Å²) >= 11 is 0. The van der Waals surface area contributed by atoms with Crippen molar-refractivity contribution in [1.29, 1.82) is 0 Å². The molecular weight excluding hydrogens is 364 g/mol. The number of imidazole rings is 1. The molecule has 1 aromatic heterocycles. The van der Waals surface area contributed by atoms with Crippen LogP contribution in [-0.4, -0.2) is 65.1 Å². The Hall–Kier alpha value is -2.34. The van der Waals surface area contributed by atoms with E-state index in [1.54, 1.807) is 13.3 Å². The van der Waals surface area contributed by atoms with Gasteiger partial charge < -0.3 is 19.1 Å². The second-order valence-corrected chi connectivity index (χ2v) is 7.95. The monoisotopic (exact) mass is 398 g/mol. The molecule has 0 aliphatic carbocycles. The molecule has 1 aromatic carbocycles. The van der Waals surface area contributed by atoms with Crippen LogP contribution in [0.15, 0.2) is 36.7 Å². The number of amides is 1. The van der Waals surface area contributed by atoms with Crippen molar-refractivity contribution in [2.24, 2.45) is 5.92 Å². The second kappa shape index (κ2) is 10.4. The van der Waals surface area contributed by atoms with E-state index in [4.69, 9.17) is 4.74 Å². The zero-order valence-corrected chi connectivity index (χ0v) is 18.0. The van der Waals surface area contributed by atoms with E-state index in [0.29, 0.717) is 12.5 Å². The normalized spacial score (nSPS) is 17.3. The molecule has 1 saturated heterocycles. The molecule has 158 valence electrons. The average Bonchev–Trinajstić information content (AvgIpc) is 3.15. The van der Waals surface area contributed by atoms with E-state index >= 15 is 0 Å². The molecule has 1 aliphatic rings. The largest absolute Gasteiger partial charge is 0.497 e. The number of piperidine rings is 1. The Morgan fingerprint density at radius 3 is 2.97 bits per heavy atom. The Balaban J connectivity index is 1.49. The molecule has 0 N–H and O–H groups in total. The summed E-state index contributed by atoms with van der Waals surface area (Å²) in [6.45, 7) is 9.26. The first-order valence-electron chi connectivity index (χ1n) is 10.7. The standard InChI is InChI=1S/C23H34N4O2/c1-4-26(23(28)18-27-14-11-24-19(27)2)17-21-8-6-12-25(16-21)13-10-20-7-5-9-22(15-20)29-3/h5,7,9,11,14-15,21H,4,6,8,10,12-13,16-18H2,1-3H3. The molecule has 2 heterocycles. The predicted octanol–water partition coefficient (Wildman–Crippen LogP) is 3.00. The second-order valence-electron chi connectivity index (χ2n) is 7.95. The zero-order chi connectivity index (χ0) is 20.6. The number of hydrogen-bond acceptors (Lipinski definition) is 4. The highest BCUT2D eigenvalue weighted by Gasteiger charge is 2.24. The molecule has 29 heavy (non-hydrogen) atoms. The number of nitrogens with zero attached hydrogens (tertiary/aromatic N) is 4. The first-order valence-corrected chi connectivity index (χ1v) is 10.7. The van der Waals surface area contributed by atoms with Crippen molar-refractivity contribution in [2.45, 2.75) is 39.7 Å². The summed E-state index contributed by atoms with van der Waals surface area (Å²) in [5, 5.41) is 0. The van der Waals surface area contributed by atoms with E-state index in [9.17, 15) is 4.79 Å². The van der Waals surface area contributed by atoms with Gasteiger partial charge in [-0.3, -0.25) is 4.79 Å². The van der Waals surface area contributed by atoms with Gasteiger partial charge in [0, 0.05) is 38.6 Å². The van der Waals surface area contributed by atoms with Gasteiger partial charge in [-0.1, -0.05) is 12.1 Å². The summed E-state index contributed by atoms with van der Waals surface area (Å²) in [6.07, 6.45) is 7.06. The first-order chi connectivity index (χ1) is 14.1. The molecular formula is C23H34N4O2. The van der Waals surface area contributed by atoms with E-state index in [-0.39, 0.29) is 5.91 Å². The van der Waals surface area contributed by atoms with Crippen molar-refractivity contribution >= 4 is 5.91 Å². The maximum Gasteiger partial charge on any atom is 0.242 e. The number of hydrogen-bond donors (Lipinski definition) is 0. The number of ether oxygens (including phenoxy) is 1. The number of aryl methyl sites for hydroxylation is 1. The highest BCUT2D eigenvalue weighted by atomic mass is 16.5. The highest BCUT2D eigenvalue weighted by Crippen LogP contribution is 2.19. The summed E-state index contributed by atoms with van der Waals surface area (Å²) in [5.41, 5.74) is 1.31. The smallest absolute Gasteiger partial charge is 0.242 e. The van der Waals surface area contributed by atoms with Gasteiger partial charge in [-0.05, 0) is 63.3 Å². The molecule has 1 fully saturated rings. The molecule has 6 nitrogen and oxygen atoms in total. The zero-order valence-electron chi connectivity index (χ0n) is 18.0. The fourth-order valence-corrected chi connectivity index (χ4v) is 4.15. The van der Waals surface area contributed by atoms with Crippen LogP contribution in [0.4, 0.5) is 0 Å². The van der Waals surface area contributed by atoms with Crippen molar-refractivity contribution < 1.29 is 9.53 Å². The molecule has 6 heteroatoms. The third-order valence-corrected chi connectivity index (χ3v) is 5.90. The lowest BCUT2D eigenvalue weighted by Crippen LogP contribution is -2.44. The minimum atomic E-state index is 0.183. The molecule has 0 bridgehead atoms. The molecule has 0 saturated carbocycles. The lowest BCUT2D eigenvalue weighted by atomic mass is 9.96. The number of carbonyl (C=O) groups excluding carboxylic acids is 1. The SMILES string of the molecule is CCN(CC1CCCN(CCc2cccc(OC)c2)C1)C(=O)Cn1ccnc1C. The molecule has 1 unspecified atom stereocenters. The predicted molar refractivity (Wildman–Crippen MR) is 115 cm³/mol. The van der Waals surface area contributed by atoms with Crippen LogP contribution in [-0.2, 0) is 17.8 Å². The van der Waals surface area contributed by atoms with Gasteiger partial charge in [0.2, 0.25) is 5.91 Å². The lowest BCUT2D eigenvalue weighted by Gasteiger charge is -2.35. The van der Waals surface area contributed by atoms with Crippen molar-refractivity contribution in [2.75, 3.05) is 39.8 Å². The molecule has 1 atom stereocenters. The van der Waals surface area contributed by atoms with Gasteiger partial charge in [0.15, 0.2) is 0 Å². The molecule has 0 radical (unpaired) electrons. The van der Waals surface area contributed by atoms with Crippen LogP contribution in [0.25, 0.3) is 0 Å². The number of likely N-dealkylation sites (tertiary alicyclic amines) is 1. The number of rotatable bonds is 9. The van der Waals surface area contributed by atoms with Gasteiger partial charge in [0.25, 0.3) is 0 Å². The molecule has 3 rings (SSSR count). The van der Waals surface area contributed by atoms with E-state index in [0.717, 1.165) is 50.7 Å². The molecule has 0 spiro atoms. The van der Waals surface area contributed by atoms with E-state index in [2.05, 4.69) is 35.0 Å². The Kier molecular flexibility index (Phi) is 7.69. The van der Waals surface area contributed by atoms with Crippen LogP contribution in [0.5, 0.6) is 5.75 Å². The van der Waals surface area contributed by atoms with Crippen LogP contribution in [0.1, 0.15) is 31.2 Å². The first kappa shape index (κ1) is 21.4. The van der Waals surface area contributed by atoms with Crippen LogP contribution in [0.3, 0.4) is 0 Å². The fourth-order valence-electron chi connectivity index (χ4n) is 4.15. The van der Waals surface area contributed by atoms with Gasteiger partial charge >= 0.3 is 0 Å². The van der Waals surface area contributed by atoms with Crippen LogP contribution < -0.4 is 4.74 Å². The van der Waals surface area contributed by atoms with Gasteiger partial charge in [0.1, 0.15) is 18.1 Å². The maximum absolute atomic E-state index is 12.8. The maximum atomic E-state index is 12.8. The summed E-state index contributed by atoms with van der Waals surface area (Å²) in [7, 11) is 1.71. The third kappa shape index (κ3) is 6.07. The number of aromatic nitrogens is 2. The van der Waals surface area contributed by atoms with Crippen LogP contribution >= 0.6 is 0 Å². The summed E-state index contributed by atoms with van der Waals surface area (Å²) < 4.78 is 7.25. The van der Waals surface area contributed by atoms with E-state index < -0.39 is 0 Å². The Morgan fingerprint density at radius 1 is 1.38 bits per heavy atom. The number of likely N-dealkylation sites (N-methyl/N-ethyl adjacent to an activating group) is 1. The number of methoxy groups -OCH3 is 1. The number of benzene rings is 1. The van der Waals surface area contributed by atoms with Crippen molar-refractivity contribution in [3.63, 3.8) is 0 Å². The Bertz CT molecular complexity index is 789. The van der Waals surface area contributed by atoms with Crippen molar-refractivity contribution in [3.8, 4) is 5.75 Å². The third-order valence-electron chi connectivity index (χ3n) is 5.90. The topological polar surface area (TPSA) is 50.6 Å². The quantitative estimate of drug-likeness (QED) is 0.652. The minimum absolute atomic E-state index is 0.183. The summed E-state index contributed by atoms with van der Waals surface area (Å²) in [6, 6.07) is 8.33. The molecule has 2 aromatic rings. The minimum Gasteiger partial charge on any atom is -0.497 e. The van der Waals surface area contributed by atoms with Gasteiger partial charge in [-0.2, -0.15) is 0 Å². The number of carbonyl (C=O) groups is 1. The Morgan fingerprint density at radius 2 is 2.24 bits per heavy atom. The summed E-state index contributed by atoms with van der Waals surface area (Å²) in [4.78, 5) is 21.5. The summed E-state index contributed by atoms with van der Waals surface area (Å²) in [5.74, 6) is 2.53. The van der Waals surface area contributed by atoms with Gasteiger partial charge in [-0.25, -0.2) is 4.98 Å². The lowest BCUT2D eigenvalue weighted by molar-refractivity contribution is -0.132. The van der Waals surface area contributed by atoms with Crippen LogP contribution in [0.2, 0.25) is 0 Å². The molecule has 1 aliphatic heterocycles. The van der Waals surface area contributed by atoms with Crippen LogP contribution in [0, 0.1) is 12.8 Å². The highest BCUT2D eigenvalue weighted by molar-refractivity contribution is 5.76. The Labute approximate surface area is 174 Å². The average molecular weight is 399 g/mol. The van der Waals surface area contributed by atoms with Gasteiger partial charge in [-0.15, -0.1) is 0 Å². The van der Waals surface area contributed by atoms with Crippen molar-refractivity contribution in [3.05, 3.63) is 48.0 Å². The van der Waals surface area contributed by atoms with E-state index in [1.165, 1.54) is 18.4 Å². The fraction of sp³-hybridized carbons (Fsp3) is 0.565. The van der Waals surface area contributed by atoms with Gasteiger partial charge in [0.05, 0.1) is 7.11 Å².